The smallest absolute Gasteiger partial charge is 0.261 e. The van der Waals surface area contributed by atoms with Gasteiger partial charge in [-0.1, -0.05) is 6.07 Å². The lowest BCUT2D eigenvalue weighted by atomic mass is 10.1. The van der Waals surface area contributed by atoms with Crippen molar-refractivity contribution in [2.24, 2.45) is 7.05 Å². The molecule has 0 spiro atoms. The van der Waals surface area contributed by atoms with Gasteiger partial charge in [-0.2, -0.15) is 5.10 Å². The minimum Gasteiger partial charge on any atom is -0.339 e. The largest absolute Gasteiger partial charge is 0.339 e. The van der Waals surface area contributed by atoms with E-state index in [-0.39, 0.29) is 11.8 Å². The molecule has 0 fully saturated rings. The van der Waals surface area contributed by atoms with Crippen LogP contribution in [0.5, 0.6) is 0 Å². The van der Waals surface area contributed by atoms with Crippen molar-refractivity contribution in [2.45, 2.75) is 13.8 Å². The zero-order valence-corrected chi connectivity index (χ0v) is 15.7. The van der Waals surface area contributed by atoms with Crippen molar-refractivity contribution >= 4 is 17.5 Å². The van der Waals surface area contributed by atoms with E-state index in [9.17, 15) is 9.59 Å². The lowest BCUT2D eigenvalue weighted by molar-refractivity contribution is 0.0772. The van der Waals surface area contributed by atoms with Crippen LogP contribution in [0.25, 0.3) is 5.82 Å². The molecule has 2 amide bonds. The summed E-state index contributed by atoms with van der Waals surface area (Å²) >= 11 is 0. The molecule has 3 aromatic rings. The first-order chi connectivity index (χ1) is 13.0. The Kier molecular flexibility index (Phi) is 5.40. The van der Waals surface area contributed by atoms with Crippen LogP contribution in [0.1, 0.15) is 34.6 Å². The molecule has 1 aromatic carbocycles. The topological polar surface area (TPSA) is 72.2 Å². The highest BCUT2D eigenvalue weighted by molar-refractivity contribution is 6.07. The molecule has 140 valence electrons. The summed E-state index contributed by atoms with van der Waals surface area (Å²) in [6.07, 6.45) is 5.25. The number of hydrogen-bond acceptors (Lipinski definition) is 3. The van der Waals surface area contributed by atoms with Crippen LogP contribution in [-0.2, 0) is 7.05 Å². The van der Waals surface area contributed by atoms with Crippen LogP contribution < -0.4 is 5.32 Å². The fourth-order valence-electron chi connectivity index (χ4n) is 2.99. The summed E-state index contributed by atoms with van der Waals surface area (Å²) in [5.41, 5.74) is 1.57. The fourth-order valence-corrected chi connectivity index (χ4v) is 2.99. The van der Waals surface area contributed by atoms with E-state index in [0.29, 0.717) is 35.7 Å². The van der Waals surface area contributed by atoms with Gasteiger partial charge in [0, 0.05) is 43.8 Å². The maximum absolute atomic E-state index is 12.8. The number of carbonyl (C=O) groups is 2. The highest BCUT2D eigenvalue weighted by Gasteiger charge is 2.18. The molecule has 0 radical (unpaired) electrons. The number of aromatic nitrogens is 3. The molecular weight excluding hydrogens is 342 g/mol. The van der Waals surface area contributed by atoms with Crippen LogP contribution in [0.3, 0.4) is 0 Å². The molecule has 0 aliphatic carbocycles. The molecule has 2 aromatic heterocycles. The number of nitrogens with one attached hydrogen (secondary N) is 1. The predicted molar refractivity (Wildman–Crippen MR) is 104 cm³/mol. The van der Waals surface area contributed by atoms with Crippen molar-refractivity contribution in [1.29, 1.82) is 0 Å². The second-order valence-corrected chi connectivity index (χ2v) is 6.11. The third kappa shape index (κ3) is 3.76. The maximum Gasteiger partial charge on any atom is 0.261 e. The van der Waals surface area contributed by atoms with E-state index in [1.807, 2.05) is 42.9 Å². The highest BCUT2D eigenvalue weighted by Crippen LogP contribution is 2.18. The lowest BCUT2D eigenvalue weighted by Crippen LogP contribution is -2.30. The summed E-state index contributed by atoms with van der Waals surface area (Å²) in [7, 11) is 1.79. The molecule has 0 saturated carbocycles. The average molecular weight is 365 g/mol. The molecule has 2 heterocycles. The van der Waals surface area contributed by atoms with E-state index in [1.54, 1.807) is 40.9 Å². The Morgan fingerprint density at radius 1 is 1.11 bits per heavy atom. The van der Waals surface area contributed by atoms with Crippen LogP contribution in [0.4, 0.5) is 5.69 Å². The molecule has 7 nitrogen and oxygen atoms in total. The monoisotopic (exact) mass is 365 g/mol. The van der Waals surface area contributed by atoms with Gasteiger partial charge in [-0.15, -0.1) is 0 Å². The Morgan fingerprint density at radius 3 is 2.48 bits per heavy atom. The lowest BCUT2D eigenvalue weighted by Gasteiger charge is -2.19. The standard InChI is InChI=1S/C20H23N5O2/c1-4-24(5-2)20(27)15-9-8-10-16(13-15)22-18(26)17-14-21-23(3)19(17)25-11-6-7-12-25/h6-14H,4-5H2,1-3H3,(H,22,26). The second kappa shape index (κ2) is 7.90. The first kappa shape index (κ1) is 18.4. The van der Waals surface area contributed by atoms with Gasteiger partial charge in [0.25, 0.3) is 11.8 Å². The van der Waals surface area contributed by atoms with Gasteiger partial charge in [0.2, 0.25) is 0 Å². The molecule has 0 atom stereocenters. The summed E-state index contributed by atoms with van der Waals surface area (Å²) in [5.74, 6) is 0.345. The van der Waals surface area contributed by atoms with Crippen LogP contribution >= 0.6 is 0 Å². The summed E-state index contributed by atoms with van der Waals surface area (Å²) in [6.45, 7) is 5.17. The van der Waals surface area contributed by atoms with E-state index in [2.05, 4.69) is 10.4 Å². The van der Waals surface area contributed by atoms with Crippen molar-refractivity contribution in [3.05, 3.63) is 66.1 Å². The molecule has 7 heteroatoms. The van der Waals surface area contributed by atoms with Gasteiger partial charge in [0.05, 0.1) is 6.20 Å². The number of rotatable bonds is 6. The van der Waals surface area contributed by atoms with Crippen molar-refractivity contribution in [2.75, 3.05) is 18.4 Å². The Hall–Kier alpha value is -3.35. The zero-order chi connectivity index (χ0) is 19.4. The van der Waals surface area contributed by atoms with Crippen LogP contribution in [0, 0.1) is 0 Å². The van der Waals surface area contributed by atoms with Gasteiger partial charge in [0.1, 0.15) is 11.4 Å². The Labute approximate surface area is 158 Å². The SMILES string of the molecule is CCN(CC)C(=O)c1cccc(NC(=O)c2cnn(C)c2-n2cccc2)c1. The normalized spacial score (nSPS) is 10.6. The van der Waals surface area contributed by atoms with Crippen LogP contribution in [-0.4, -0.2) is 44.2 Å². The summed E-state index contributed by atoms with van der Waals surface area (Å²) in [4.78, 5) is 27.1. The second-order valence-electron chi connectivity index (χ2n) is 6.11. The number of anilines is 1. The van der Waals surface area contributed by atoms with E-state index >= 15 is 0 Å². The molecule has 1 N–H and O–H groups in total. The Balaban J connectivity index is 1.84. The van der Waals surface area contributed by atoms with Crippen LogP contribution in [0.15, 0.2) is 55.0 Å². The fraction of sp³-hybridized carbons (Fsp3) is 0.250. The molecule has 27 heavy (non-hydrogen) atoms. The summed E-state index contributed by atoms with van der Waals surface area (Å²) in [5, 5.41) is 7.07. The molecule has 0 unspecified atom stereocenters. The first-order valence-electron chi connectivity index (χ1n) is 8.91. The number of nitrogens with zero attached hydrogens (tertiary/aromatic N) is 4. The van der Waals surface area contributed by atoms with Crippen molar-refractivity contribution in [3.63, 3.8) is 0 Å². The first-order valence-corrected chi connectivity index (χ1v) is 8.91. The van der Waals surface area contributed by atoms with Gasteiger partial charge in [-0.3, -0.25) is 14.3 Å². The Morgan fingerprint density at radius 2 is 1.81 bits per heavy atom. The van der Waals surface area contributed by atoms with Gasteiger partial charge < -0.3 is 14.8 Å². The van der Waals surface area contributed by atoms with Gasteiger partial charge in [0.15, 0.2) is 0 Å². The van der Waals surface area contributed by atoms with Crippen molar-refractivity contribution < 1.29 is 9.59 Å². The van der Waals surface area contributed by atoms with E-state index in [4.69, 9.17) is 0 Å². The molecular formula is C20H23N5O2. The van der Waals surface area contributed by atoms with Gasteiger partial charge in [-0.25, -0.2) is 0 Å². The van der Waals surface area contributed by atoms with Crippen molar-refractivity contribution in [1.82, 2.24) is 19.2 Å². The number of aryl methyl sites for hydroxylation is 1. The predicted octanol–water partition coefficient (Wildman–Crippen LogP) is 2.95. The van der Waals surface area contributed by atoms with E-state index in [0.717, 1.165) is 0 Å². The summed E-state index contributed by atoms with van der Waals surface area (Å²) in [6, 6.07) is 10.8. The van der Waals surface area contributed by atoms with Crippen LogP contribution in [0.2, 0.25) is 0 Å². The molecule has 0 aliphatic rings. The molecule has 0 bridgehead atoms. The third-order valence-electron chi connectivity index (χ3n) is 4.42. The van der Waals surface area contributed by atoms with E-state index in [1.165, 1.54) is 6.20 Å². The number of hydrogen-bond donors (Lipinski definition) is 1. The van der Waals surface area contributed by atoms with Gasteiger partial charge in [-0.05, 0) is 44.2 Å². The number of benzene rings is 1. The molecule has 0 aliphatic heterocycles. The molecule has 3 rings (SSSR count). The average Bonchev–Trinajstić information content (AvgIpc) is 3.32. The maximum atomic E-state index is 12.8. The Bertz CT molecular complexity index is 939. The zero-order valence-electron chi connectivity index (χ0n) is 15.7. The number of amides is 2. The summed E-state index contributed by atoms with van der Waals surface area (Å²) < 4.78 is 3.48. The number of carbonyl (C=O) groups excluding carboxylic acids is 2. The van der Waals surface area contributed by atoms with Gasteiger partial charge >= 0.3 is 0 Å². The minimum atomic E-state index is -0.278. The quantitative estimate of drug-likeness (QED) is 0.730. The third-order valence-corrected chi connectivity index (χ3v) is 4.42. The highest BCUT2D eigenvalue weighted by atomic mass is 16.2. The minimum absolute atomic E-state index is 0.0505. The van der Waals surface area contributed by atoms with Crippen molar-refractivity contribution in [3.8, 4) is 5.82 Å². The van der Waals surface area contributed by atoms with E-state index < -0.39 is 0 Å². The molecule has 0 saturated heterocycles.